The van der Waals surface area contributed by atoms with Crippen LogP contribution in [-0.4, -0.2) is 24.7 Å². The molecule has 1 aromatic carbocycles. The van der Waals surface area contributed by atoms with Gasteiger partial charge in [-0.15, -0.1) is 11.8 Å². The lowest BCUT2D eigenvalue weighted by Gasteiger charge is -2.08. The molecule has 0 radical (unpaired) electrons. The third-order valence-electron chi connectivity index (χ3n) is 2.48. The number of ether oxygens (including phenoxy) is 1. The lowest BCUT2D eigenvalue weighted by molar-refractivity contribution is 0.112. The Kier molecular flexibility index (Phi) is 3.80. The molecule has 3 heteroatoms. The van der Waals surface area contributed by atoms with Gasteiger partial charge in [-0.2, -0.15) is 0 Å². The lowest BCUT2D eigenvalue weighted by atomic mass is 10.2. The maximum absolute atomic E-state index is 10.5. The van der Waals surface area contributed by atoms with Crippen molar-refractivity contribution < 1.29 is 9.53 Å². The number of rotatable bonds is 4. The van der Waals surface area contributed by atoms with E-state index in [1.165, 1.54) is 17.7 Å². The zero-order valence-corrected chi connectivity index (χ0v) is 9.33. The summed E-state index contributed by atoms with van der Waals surface area (Å²) in [6.07, 6.45) is 3.66. The number of carbonyl (C=O) groups excluding carboxylic acids is 1. The minimum absolute atomic E-state index is 0.417. The van der Waals surface area contributed by atoms with Crippen LogP contribution in [0, 0.1) is 0 Å². The molecule has 0 bridgehead atoms. The molecule has 0 amide bonds. The average Bonchev–Trinajstić information content (AvgIpc) is 2.80. The number of hydrogen-bond acceptors (Lipinski definition) is 3. The first-order chi connectivity index (χ1) is 7.38. The summed E-state index contributed by atoms with van der Waals surface area (Å²) in [6, 6.07) is 7.68. The molecular formula is C12H14O2S. The van der Waals surface area contributed by atoms with Gasteiger partial charge in [-0.25, -0.2) is 0 Å². The third-order valence-corrected chi connectivity index (χ3v) is 3.62. The van der Waals surface area contributed by atoms with E-state index in [-0.39, 0.29) is 0 Å². The fraction of sp³-hybridized carbons (Fsp3) is 0.417. The Hall–Kier alpha value is -0.800. The van der Waals surface area contributed by atoms with Crippen LogP contribution in [0.4, 0.5) is 0 Å². The van der Waals surface area contributed by atoms with Gasteiger partial charge in [-0.05, 0) is 25.0 Å². The SMILES string of the molecule is O=Cc1ccc(SCC2CCCO2)cc1. The number of benzene rings is 1. The summed E-state index contributed by atoms with van der Waals surface area (Å²) in [5.41, 5.74) is 0.733. The minimum Gasteiger partial charge on any atom is -0.377 e. The summed E-state index contributed by atoms with van der Waals surface area (Å²) < 4.78 is 5.54. The molecule has 15 heavy (non-hydrogen) atoms. The van der Waals surface area contributed by atoms with Crippen LogP contribution in [-0.2, 0) is 4.74 Å². The molecule has 2 rings (SSSR count). The van der Waals surface area contributed by atoms with Gasteiger partial charge in [0, 0.05) is 22.8 Å². The second-order valence-corrected chi connectivity index (χ2v) is 4.73. The van der Waals surface area contributed by atoms with E-state index in [0.29, 0.717) is 6.10 Å². The molecule has 1 aliphatic rings. The molecule has 1 fully saturated rings. The molecule has 1 saturated heterocycles. The van der Waals surface area contributed by atoms with Crippen LogP contribution in [0.2, 0.25) is 0 Å². The van der Waals surface area contributed by atoms with Crippen LogP contribution in [0.5, 0.6) is 0 Å². The minimum atomic E-state index is 0.417. The second kappa shape index (κ2) is 5.33. The molecule has 0 N–H and O–H groups in total. The number of carbonyl (C=O) groups is 1. The van der Waals surface area contributed by atoms with Gasteiger partial charge < -0.3 is 4.74 Å². The van der Waals surface area contributed by atoms with Crippen LogP contribution >= 0.6 is 11.8 Å². The van der Waals surface area contributed by atoms with Crippen molar-refractivity contribution in [1.29, 1.82) is 0 Å². The van der Waals surface area contributed by atoms with Crippen LogP contribution < -0.4 is 0 Å². The summed E-state index contributed by atoms with van der Waals surface area (Å²) in [5, 5.41) is 0. The predicted octanol–water partition coefficient (Wildman–Crippen LogP) is 2.77. The van der Waals surface area contributed by atoms with Gasteiger partial charge >= 0.3 is 0 Å². The van der Waals surface area contributed by atoms with Gasteiger partial charge in [0.15, 0.2) is 0 Å². The molecule has 1 aliphatic heterocycles. The average molecular weight is 222 g/mol. The molecule has 0 aliphatic carbocycles. The van der Waals surface area contributed by atoms with Crippen molar-refractivity contribution in [3.8, 4) is 0 Å². The Morgan fingerprint density at radius 1 is 1.40 bits per heavy atom. The molecule has 1 aromatic rings. The topological polar surface area (TPSA) is 26.3 Å². The van der Waals surface area contributed by atoms with Crippen molar-refractivity contribution in [3.05, 3.63) is 29.8 Å². The van der Waals surface area contributed by atoms with E-state index in [0.717, 1.165) is 24.2 Å². The fourth-order valence-electron chi connectivity index (χ4n) is 1.61. The summed E-state index contributed by atoms with van der Waals surface area (Å²) in [7, 11) is 0. The zero-order valence-electron chi connectivity index (χ0n) is 8.52. The lowest BCUT2D eigenvalue weighted by Crippen LogP contribution is -2.07. The highest BCUT2D eigenvalue weighted by atomic mass is 32.2. The summed E-state index contributed by atoms with van der Waals surface area (Å²) >= 11 is 1.80. The van der Waals surface area contributed by atoms with E-state index in [1.807, 2.05) is 24.3 Å². The van der Waals surface area contributed by atoms with Crippen LogP contribution in [0.1, 0.15) is 23.2 Å². The Balaban J connectivity index is 1.84. The van der Waals surface area contributed by atoms with Crippen molar-refractivity contribution in [3.63, 3.8) is 0 Å². The Bertz CT molecular complexity index is 315. The van der Waals surface area contributed by atoms with Crippen molar-refractivity contribution in [2.24, 2.45) is 0 Å². The molecule has 1 heterocycles. The largest absolute Gasteiger partial charge is 0.377 e. The second-order valence-electron chi connectivity index (χ2n) is 3.63. The number of hydrogen-bond donors (Lipinski definition) is 0. The van der Waals surface area contributed by atoms with E-state index in [2.05, 4.69) is 0 Å². The van der Waals surface area contributed by atoms with Crippen LogP contribution in [0.25, 0.3) is 0 Å². The first kappa shape index (κ1) is 10.7. The third kappa shape index (κ3) is 3.08. The van der Waals surface area contributed by atoms with Crippen molar-refractivity contribution in [2.75, 3.05) is 12.4 Å². The van der Waals surface area contributed by atoms with Gasteiger partial charge in [0.1, 0.15) is 6.29 Å². The highest BCUT2D eigenvalue weighted by molar-refractivity contribution is 7.99. The van der Waals surface area contributed by atoms with Gasteiger partial charge in [0.2, 0.25) is 0 Å². The first-order valence-corrected chi connectivity index (χ1v) is 6.17. The van der Waals surface area contributed by atoms with Gasteiger partial charge in [0.25, 0.3) is 0 Å². The van der Waals surface area contributed by atoms with Gasteiger partial charge in [-0.3, -0.25) is 4.79 Å². The highest BCUT2D eigenvalue weighted by Crippen LogP contribution is 2.23. The summed E-state index contributed by atoms with van der Waals surface area (Å²) in [4.78, 5) is 11.7. The van der Waals surface area contributed by atoms with Crippen molar-refractivity contribution >= 4 is 18.0 Å². The predicted molar refractivity (Wildman–Crippen MR) is 61.5 cm³/mol. The van der Waals surface area contributed by atoms with Crippen LogP contribution in [0.3, 0.4) is 0 Å². The molecular weight excluding hydrogens is 208 g/mol. The van der Waals surface area contributed by atoms with E-state index in [4.69, 9.17) is 4.74 Å². The summed E-state index contributed by atoms with van der Waals surface area (Å²) in [6.45, 7) is 0.912. The Morgan fingerprint density at radius 2 is 2.20 bits per heavy atom. The molecule has 1 atom stereocenters. The highest BCUT2D eigenvalue weighted by Gasteiger charge is 2.15. The molecule has 1 unspecified atom stereocenters. The Morgan fingerprint density at radius 3 is 2.80 bits per heavy atom. The fourth-order valence-corrected chi connectivity index (χ4v) is 2.58. The number of aldehydes is 1. The van der Waals surface area contributed by atoms with E-state index >= 15 is 0 Å². The smallest absolute Gasteiger partial charge is 0.150 e. The van der Waals surface area contributed by atoms with E-state index in [1.54, 1.807) is 11.8 Å². The maximum atomic E-state index is 10.5. The van der Waals surface area contributed by atoms with E-state index in [9.17, 15) is 4.79 Å². The normalized spacial score (nSPS) is 20.4. The van der Waals surface area contributed by atoms with Crippen LogP contribution in [0.15, 0.2) is 29.2 Å². The molecule has 0 spiro atoms. The standard InChI is InChI=1S/C12H14O2S/c13-8-10-3-5-12(6-4-10)15-9-11-2-1-7-14-11/h3-6,8,11H,1-2,7,9H2. The number of thioether (sulfide) groups is 1. The Labute approximate surface area is 94.0 Å². The van der Waals surface area contributed by atoms with Gasteiger partial charge in [-0.1, -0.05) is 12.1 Å². The van der Waals surface area contributed by atoms with Crippen molar-refractivity contribution in [2.45, 2.75) is 23.8 Å². The maximum Gasteiger partial charge on any atom is 0.150 e. The van der Waals surface area contributed by atoms with Gasteiger partial charge in [0.05, 0.1) is 6.10 Å². The van der Waals surface area contributed by atoms with Crippen molar-refractivity contribution in [1.82, 2.24) is 0 Å². The molecule has 0 aromatic heterocycles. The molecule has 2 nitrogen and oxygen atoms in total. The quantitative estimate of drug-likeness (QED) is 0.579. The molecule has 80 valence electrons. The molecule has 0 saturated carbocycles. The first-order valence-electron chi connectivity index (χ1n) is 5.18. The monoisotopic (exact) mass is 222 g/mol. The zero-order chi connectivity index (χ0) is 10.5. The van der Waals surface area contributed by atoms with E-state index < -0.39 is 0 Å². The summed E-state index contributed by atoms with van der Waals surface area (Å²) in [5.74, 6) is 1.01.